The van der Waals surface area contributed by atoms with Gasteiger partial charge in [0, 0.05) is 16.3 Å². The molecule has 3 aromatic carbocycles. The van der Waals surface area contributed by atoms with E-state index in [4.69, 9.17) is 17.0 Å². The highest BCUT2D eigenvalue weighted by atomic mass is 32.2. The van der Waals surface area contributed by atoms with E-state index in [1.165, 1.54) is 11.8 Å². The van der Waals surface area contributed by atoms with Gasteiger partial charge >= 0.3 is 0 Å². The van der Waals surface area contributed by atoms with Gasteiger partial charge in [-0.15, -0.1) is 11.8 Å². The molecule has 0 bridgehead atoms. The van der Waals surface area contributed by atoms with Crippen LogP contribution in [0.3, 0.4) is 0 Å². The van der Waals surface area contributed by atoms with Crippen molar-refractivity contribution in [3.8, 4) is 5.75 Å². The van der Waals surface area contributed by atoms with Gasteiger partial charge in [-0.25, -0.2) is 0 Å². The number of anilines is 3. The highest BCUT2D eigenvalue weighted by Gasteiger charge is 2.18. The lowest BCUT2D eigenvalue weighted by Gasteiger charge is -2.16. The van der Waals surface area contributed by atoms with Gasteiger partial charge in [0.2, 0.25) is 5.91 Å². The Balaban J connectivity index is 1.62. The minimum atomic E-state index is -0.204. The predicted octanol–water partition coefficient (Wildman–Crippen LogP) is 6.32. The molecule has 7 heteroatoms. The van der Waals surface area contributed by atoms with E-state index in [1.54, 1.807) is 7.11 Å². The summed E-state index contributed by atoms with van der Waals surface area (Å²) in [7, 11) is 1.62. The largest absolute Gasteiger partial charge is 0.495 e. The van der Waals surface area contributed by atoms with E-state index < -0.39 is 0 Å². The quantitative estimate of drug-likeness (QED) is 0.267. The number of thioether (sulfide) groups is 1. The number of amides is 1. The molecule has 166 valence electrons. The average molecular weight is 466 g/mol. The van der Waals surface area contributed by atoms with E-state index >= 15 is 0 Å². The van der Waals surface area contributed by atoms with E-state index in [0.717, 1.165) is 27.5 Å². The summed E-state index contributed by atoms with van der Waals surface area (Å²) in [5.41, 5.74) is 3.60. The molecule has 1 unspecified atom stereocenters. The molecule has 0 heterocycles. The molecular weight excluding hydrogens is 438 g/mol. The van der Waals surface area contributed by atoms with Crippen LogP contribution in [-0.2, 0) is 4.79 Å². The summed E-state index contributed by atoms with van der Waals surface area (Å²) in [5.74, 6) is 0.708. The number of benzene rings is 3. The maximum Gasteiger partial charge on any atom is 0.237 e. The maximum atomic E-state index is 12.8. The van der Waals surface area contributed by atoms with E-state index in [2.05, 4.69) is 16.0 Å². The zero-order valence-electron chi connectivity index (χ0n) is 18.3. The third kappa shape index (κ3) is 6.73. The summed E-state index contributed by atoms with van der Waals surface area (Å²) in [6, 6.07) is 23.3. The van der Waals surface area contributed by atoms with E-state index in [-0.39, 0.29) is 11.2 Å². The van der Waals surface area contributed by atoms with E-state index in [9.17, 15) is 4.79 Å². The number of hydrogen-bond donors (Lipinski definition) is 3. The molecule has 0 saturated heterocycles. The van der Waals surface area contributed by atoms with Gasteiger partial charge in [0.15, 0.2) is 5.11 Å². The number of nitrogens with one attached hydrogen (secondary N) is 3. The number of aryl methyl sites for hydroxylation is 1. The molecule has 1 amide bonds. The smallest absolute Gasteiger partial charge is 0.237 e. The normalized spacial score (nSPS) is 11.3. The van der Waals surface area contributed by atoms with Gasteiger partial charge in [-0.3, -0.25) is 4.79 Å². The molecule has 0 radical (unpaired) electrons. The number of rotatable bonds is 8. The van der Waals surface area contributed by atoms with Crippen LogP contribution in [0, 0.1) is 6.92 Å². The SMILES string of the molecule is CCC(Sc1cccc(NC(=S)Nc2ccccc2OC)c1)C(=O)Nc1ccc(C)cc1. The third-order valence-corrected chi connectivity index (χ3v) is 6.27. The summed E-state index contributed by atoms with van der Waals surface area (Å²) < 4.78 is 5.35. The Kier molecular flexibility index (Phi) is 8.53. The van der Waals surface area contributed by atoms with Crippen LogP contribution in [-0.4, -0.2) is 23.4 Å². The number of ether oxygens (including phenoxy) is 1. The highest BCUT2D eigenvalue weighted by Crippen LogP contribution is 2.29. The molecule has 0 aliphatic carbocycles. The number of carbonyl (C=O) groups excluding carboxylic acids is 1. The second kappa shape index (κ2) is 11.5. The Labute approximate surface area is 199 Å². The van der Waals surface area contributed by atoms with E-state index in [0.29, 0.717) is 17.3 Å². The van der Waals surface area contributed by atoms with Crippen molar-refractivity contribution in [1.29, 1.82) is 0 Å². The van der Waals surface area contributed by atoms with E-state index in [1.807, 2.05) is 86.6 Å². The van der Waals surface area contributed by atoms with Crippen molar-refractivity contribution < 1.29 is 9.53 Å². The molecule has 32 heavy (non-hydrogen) atoms. The Morgan fingerprint density at radius 2 is 1.72 bits per heavy atom. The summed E-state index contributed by atoms with van der Waals surface area (Å²) in [6.45, 7) is 4.04. The van der Waals surface area contributed by atoms with Crippen LogP contribution in [0.15, 0.2) is 77.7 Å². The first-order valence-electron chi connectivity index (χ1n) is 10.3. The Hall–Kier alpha value is -3.03. The lowest BCUT2D eigenvalue weighted by atomic mass is 10.2. The van der Waals surface area contributed by atoms with Crippen LogP contribution in [0.2, 0.25) is 0 Å². The maximum absolute atomic E-state index is 12.8. The van der Waals surface area contributed by atoms with Gasteiger partial charge in [-0.05, 0) is 68.0 Å². The molecule has 0 aliphatic rings. The minimum Gasteiger partial charge on any atom is -0.495 e. The first kappa shape index (κ1) is 23.6. The number of thiocarbonyl (C=S) groups is 1. The Bertz CT molecular complexity index is 1070. The van der Waals surface area contributed by atoms with Crippen LogP contribution >= 0.6 is 24.0 Å². The third-order valence-electron chi connectivity index (χ3n) is 4.71. The summed E-state index contributed by atoms with van der Waals surface area (Å²) in [4.78, 5) is 13.8. The summed E-state index contributed by atoms with van der Waals surface area (Å²) >= 11 is 6.99. The molecule has 0 aliphatic heterocycles. The van der Waals surface area contributed by atoms with Gasteiger partial charge in [0.25, 0.3) is 0 Å². The predicted molar refractivity (Wildman–Crippen MR) is 139 cm³/mol. The van der Waals surface area contributed by atoms with Crippen molar-refractivity contribution in [1.82, 2.24) is 0 Å². The molecular formula is C25H27N3O2S2. The fourth-order valence-corrected chi connectivity index (χ4v) is 4.27. The molecule has 0 aromatic heterocycles. The number of methoxy groups -OCH3 is 1. The lowest BCUT2D eigenvalue weighted by Crippen LogP contribution is -2.24. The molecule has 3 N–H and O–H groups in total. The monoisotopic (exact) mass is 465 g/mol. The Morgan fingerprint density at radius 3 is 2.44 bits per heavy atom. The van der Waals surface area contributed by atoms with Gasteiger partial charge < -0.3 is 20.7 Å². The molecule has 3 rings (SSSR count). The van der Waals surface area contributed by atoms with Crippen LogP contribution in [0.1, 0.15) is 18.9 Å². The average Bonchev–Trinajstić information content (AvgIpc) is 2.79. The molecule has 0 saturated carbocycles. The standard InChI is InChI=1S/C25H27N3O2S2/c1-4-23(24(29)26-18-14-12-17(2)13-15-18)32-20-9-7-8-19(16-20)27-25(31)28-21-10-5-6-11-22(21)30-3/h5-16,23H,4H2,1-3H3,(H,26,29)(H2,27,28,31). The summed E-state index contributed by atoms with van der Waals surface area (Å²) in [6.07, 6.45) is 0.716. The van der Waals surface area contributed by atoms with Gasteiger partial charge in [0.05, 0.1) is 18.0 Å². The van der Waals surface area contributed by atoms with Crippen LogP contribution in [0.25, 0.3) is 0 Å². The zero-order valence-corrected chi connectivity index (χ0v) is 20.0. The fourth-order valence-electron chi connectivity index (χ4n) is 3.03. The second-order valence-electron chi connectivity index (χ2n) is 7.18. The first-order chi connectivity index (χ1) is 15.5. The number of hydrogen-bond acceptors (Lipinski definition) is 4. The number of para-hydroxylation sites is 2. The van der Waals surface area contributed by atoms with Gasteiger partial charge in [0.1, 0.15) is 5.75 Å². The van der Waals surface area contributed by atoms with Crippen LogP contribution in [0.4, 0.5) is 17.1 Å². The van der Waals surface area contributed by atoms with Crippen molar-refractivity contribution in [2.45, 2.75) is 30.4 Å². The molecule has 0 fully saturated rings. The van der Waals surface area contributed by atoms with Crippen molar-refractivity contribution in [2.24, 2.45) is 0 Å². The molecule has 1 atom stereocenters. The first-order valence-corrected chi connectivity index (χ1v) is 11.6. The van der Waals surface area contributed by atoms with Crippen LogP contribution in [0.5, 0.6) is 5.75 Å². The molecule has 0 spiro atoms. The highest BCUT2D eigenvalue weighted by molar-refractivity contribution is 8.00. The Morgan fingerprint density at radius 1 is 0.969 bits per heavy atom. The zero-order chi connectivity index (χ0) is 22.9. The minimum absolute atomic E-state index is 0.00641. The van der Waals surface area contributed by atoms with Gasteiger partial charge in [-0.1, -0.05) is 42.8 Å². The van der Waals surface area contributed by atoms with Crippen molar-refractivity contribution >= 4 is 52.1 Å². The van der Waals surface area contributed by atoms with Crippen molar-refractivity contribution in [3.05, 3.63) is 78.4 Å². The number of carbonyl (C=O) groups is 1. The molecule has 3 aromatic rings. The van der Waals surface area contributed by atoms with Crippen LogP contribution < -0.4 is 20.7 Å². The summed E-state index contributed by atoms with van der Waals surface area (Å²) in [5, 5.41) is 9.62. The topological polar surface area (TPSA) is 62.4 Å². The van der Waals surface area contributed by atoms with Gasteiger partial charge in [-0.2, -0.15) is 0 Å². The fraction of sp³-hybridized carbons (Fsp3) is 0.200. The molecule has 5 nitrogen and oxygen atoms in total. The van der Waals surface area contributed by atoms with Crippen molar-refractivity contribution in [2.75, 3.05) is 23.1 Å². The lowest BCUT2D eigenvalue weighted by molar-refractivity contribution is -0.115. The van der Waals surface area contributed by atoms with Crippen molar-refractivity contribution in [3.63, 3.8) is 0 Å². The second-order valence-corrected chi connectivity index (χ2v) is 8.86.